The number of aryl methyl sites for hydroxylation is 1. The Morgan fingerprint density at radius 1 is 1.56 bits per heavy atom. The molecule has 0 radical (unpaired) electrons. The van der Waals surface area contributed by atoms with Gasteiger partial charge in [0, 0.05) is 11.3 Å². The monoisotopic (exact) mass is 224 g/mol. The number of hydrogen-bond donors (Lipinski definition) is 3. The van der Waals surface area contributed by atoms with Crippen LogP contribution in [0.5, 0.6) is 0 Å². The van der Waals surface area contributed by atoms with Crippen LogP contribution in [0.1, 0.15) is 37.4 Å². The number of carbonyl (C=O) groups is 1. The molecule has 0 unspecified atom stereocenters. The number of hydrogen-bond acceptors (Lipinski definition) is 3. The Morgan fingerprint density at radius 2 is 2.25 bits per heavy atom. The number of aromatic amines is 1. The molecule has 1 atom stereocenters. The minimum atomic E-state index is -0.448. The Kier molecular flexibility index (Phi) is 4.49. The number of anilines is 1. The Morgan fingerprint density at radius 3 is 2.75 bits per heavy atom. The number of rotatable bonds is 5. The van der Waals surface area contributed by atoms with Crippen LogP contribution in [0.4, 0.5) is 5.82 Å². The molecule has 90 valence electrons. The molecule has 0 saturated carbocycles. The summed E-state index contributed by atoms with van der Waals surface area (Å²) in [5.41, 5.74) is 7.67. The highest BCUT2D eigenvalue weighted by atomic mass is 16.2. The first-order chi connectivity index (χ1) is 7.56. The SMILES string of the molecule is CCCC[C@H](N)C(=O)Nc1n[nH]c(C)c1C. The highest BCUT2D eigenvalue weighted by molar-refractivity contribution is 5.94. The maximum absolute atomic E-state index is 11.7. The third-order valence-corrected chi connectivity index (χ3v) is 2.70. The number of nitrogens with one attached hydrogen (secondary N) is 2. The Labute approximate surface area is 95.8 Å². The summed E-state index contributed by atoms with van der Waals surface area (Å²) in [6, 6.07) is -0.448. The molecule has 1 aromatic heterocycles. The van der Waals surface area contributed by atoms with Gasteiger partial charge in [0.05, 0.1) is 6.04 Å². The first-order valence-electron chi connectivity index (χ1n) is 5.64. The van der Waals surface area contributed by atoms with Crippen LogP contribution in [0.3, 0.4) is 0 Å². The van der Waals surface area contributed by atoms with Crippen LogP contribution in [-0.2, 0) is 4.79 Å². The van der Waals surface area contributed by atoms with E-state index in [1.807, 2.05) is 13.8 Å². The van der Waals surface area contributed by atoms with Crippen molar-refractivity contribution in [2.45, 2.75) is 46.1 Å². The maximum atomic E-state index is 11.7. The van der Waals surface area contributed by atoms with Crippen molar-refractivity contribution in [3.05, 3.63) is 11.3 Å². The second kappa shape index (κ2) is 5.65. The zero-order valence-corrected chi connectivity index (χ0v) is 10.1. The minimum Gasteiger partial charge on any atom is -0.320 e. The minimum absolute atomic E-state index is 0.164. The van der Waals surface area contributed by atoms with E-state index in [0.29, 0.717) is 12.2 Å². The summed E-state index contributed by atoms with van der Waals surface area (Å²) in [6.07, 6.45) is 2.72. The predicted molar refractivity (Wildman–Crippen MR) is 64.2 cm³/mol. The third-order valence-electron chi connectivity index (χ3n) is 2.70. The van der Waals surface area contributed by atoms with Crippen LogP contribution >= 0.6 is 0 Å². The van der Waals surface area contributed by atoms with Crippen molar-refractivity contribution in [3.63, 3.8) is 0 Å². The highest BCUT2D eigenvalue weighted by Gasteiger charge is 2.15. The van der Waals surface area contributed by atoms with Crippen molar-refractivity contribution in [3.8, 4) is 0 Å². The summed E-state index contributed by atoms with van der Waals surface area (Å²) in [6.45, 7) is 5.90. The number of nitrogens with two attached hydrogens (primary N) is 1. The zero-order chi connectivity index (χ0) is 12.1. The average molecular weight is 224 g/mol. The van der Waals surface area contributed by atoms with Gasteiger partial charge in [-0.25, -0.2) is 0 Å². The van der Waals surface area contributed by atoms with Gasteiger partial charge in [-0.15, -0.1) is 0 Å². The van der Waals surface area contributed by atoms with Crippen LogP contribution in [0.25, 0.3) is 0 Å². The molecule has 5 nitrogen and oxygen atoms in total. The van der Waals surface area contributed by atoms with E-state index in [4.69, 9.17) is 5.73 Å². The van der Waals surface area contributed by atoms with E-state index < -0.39 is 6.04 Å². The molecule has 4 N–H and O–H groups in total. The van der Waals surface area contributed by atoms with Gasteiger partial charge in [-0.1, -0.05) is 19.8 Å². The predicted octanol–water partition coefficient (Wildman–Crippen LogP) is 1.48. The van der Waals surface area contributed by atoms with Gasteiger partial charge in [0.1, 0.15) is 0 Å². The van der Waals surface area contributed by atoms with E-state index in [0.717, 1.165) is 24.1 Å². The molecule has 1 rings (SSSR count). The number of unbranched alkanes of at least 4 members (excludes halogenated alkanes) is 1. The fourth-order valence-corrected chi connectivity index (χ4v) is 1.37. The number of amides is 1. The number of carbonyl (C=O) groups excluding carboxylic acids is 1. The van der Waals surface area contributed by atoms with Gasteiger partial charge in [0.25, 0.3) is 0 Å². The lowest BCUT2D eigenvalue weighted by molar-refractivity contribution is -0.117. The molecule has 0 aromatic carbocycles. The van der Waals surface area contributed by atoms with E-state index in [-0.39, 0.29) is 5.91 Å². The standard InChI is InChI=1S/C11H20N4O/c1-4-5-6-9(12)11(16)13-10-7(2)8(3)14-15-10/h9H,4-6,12H2,1-3H3,(H2,13,14,15,16)/t9-/m0/s1. The maximum Gasteiger partial charge on any atom is 0.242 e. The fraction of sp³-hybridized carbons (Fsp3) is 0.636. The summed E-state index contributed by atoms with van der Waals surface area (Å²) in [4.78, 5) is 11.7. The molecule has 0 fully saturated rings. The van der Waals surface area contributed by atoms with Crippen molar-refractivity contribution in [2.75, 3.05) is 5.32 Å². The lowest BCUT2D eigenvalue weighted by atomic mass is 10.1. The molecule has 0 spiro atoms. The van der Waals surface area contributed by atoms with Crippen molar-refractivity contribution in [2.24, 2.45) is 5.73 Å². The van der Waals surface area contributed by atoms with Crippen molar-refractivity contribution in [1.82, 2.24) is 10.2 Å². The molecule has 1 aromatic rings. The van der Waals surface area contributed by atoms with Crippen molar-refractivity contribution < 1.29 is 4.79 Å². The molecule has 0 saturated heterocycles. The average Bonchev–Trinajstić information content (AvgIpc) is 2.57. The van der Waals surface area contributed by atoms with Gasteiger partial charge in [-0.05, 0) is 20.3 Å². The van der Waals surface area contributed by atoms with Gasteiger partial charge in [0.2, 0.25) is 5.91 Å². The van der Waals surface area contributed by atoms with Crippen LogP contribution in [-0.4, -0.2) is 22.1 Å². The van der Waals surface area contributed by atoms with E-state index >= 15 is 0 Å². The Hall–Kier alpha value is -1.36. The second-order valence-electron chi connectivity index (χ2n) is 4.06. The van der Waals surface area contributed by atoms with E-state index in [9.17, 15) is 4.79 Å². The van der Waals surface area contributed by atoms with Crippen LogP contribution in [0, 0.1) is 13.8 Å². The molecule has 0 bridgehead atoms. The van der Waals surface area contributed by atoms with E-state index in [2.05, 4.69) is 22.4 Å². The molecule has 0 aliphatic carbocycles. The largest absolute Gasteiger partial charge is 0.320 e. The first-order valence-corrected chi connectivity index (χ1v) is 5.64. The summed E-state index contributed by atoms with van der Waals surface area (Å²) in [5, 5.41) is 9.56. The second-order valence-corrected chi connectivity index (χ2v) is 4.06. The van der Waals surface area contributed by atoms with Crippen molar-refractivity contribution >= 4 is 11.7 Å². The van der Waals surface area contributed by atoms with Gasteiger partial charge in [-0.3, -0.25) is 9.89 Å². The van der Waals surface area contributed by atoms with Crippen LogP contribution < -0.4 is 11.1 Å². The lowest BCUT2D eigenvalue weighted by Crippen LogP contribution is -2.35. The van der Waals surface area contributed by atoms with Crippen molar-refractivity contribution in [1.29, 1.82) is 0 Å². The Balaban J connectivity index is 2.54. The molecule has 16 heavy (non-hydrogen) atoms. The van der Waals surface area contributed by atoms with Gasteiger partial charge < -0.3 is 11.1 Å². The quantitative estimate of drug-likeness (QED) is 0.708. The van der Waals surface area contributed by atoms with Gasteiger partial charge in [0.15, 0.2) is 5.82 Å². The normalized spacial score (nSPS) is 12.5. The first kappa shape index (κ1) is 12.7. The summed E-state index contributed by atoms with van der Waals surface area (Å²) in [7, 11) is 0. The van der Waals surface area contributed by atoms with Gasteiger partial charge in [-0.2, -0.15) is 5.10 Å². The Bertz CT molecular complexity index is 359. The molecular formula is C11H20N4O. The zero-order valence-electron chi connectivity index (χ0n) is 10.1. The third kappa shape index (κ3) is 3.06. The summed E-state index contributed by atoms with van der Waals surface area (Å²) in [5.74, 6) is 0.414. The lowest BCUT2D eigenvalue weighted by Gasteiger charge is -2.10. The van der Waals surface area contributed by atoms with Crippen LogP contribution in [0.15, 0.2) is 0 Å². The molecule has 0 aliphatic rings. The smallest absolute Gasteiger partial charge is 0.242 e. The number of nitrogens with zero attached hydrogens (tertiary/aromatic N) is 1. The fourth-order valence-electron chi connectivity index (χ4n) is 1.37. The van der Waals surface area contributed by atoms with Gasteiger partial charge >= 0.3 is 0 Å². The number of H-pyrrole nitrogens is 1. The van der Waals surface area contributed by atoms with E-state index in [1.54, 1.807) is 0 Å². The topological polar surface area (TPSA) is 83.8 Å². The summed E-state index contributed by atoms with van der Waals surface area (Å²) >= 11 is 0. The number of aromatic nitrogens is 2. The molecule has 1 amide bonds. The van der Waals surface area contributed by atoms with Crippen LogP contribution in [0.2, 0.25) is 0 Å². The molecule has 1 heterocycles. The van der Waals surface area contributed by atoms with E-state index in [1.165, 1.54) is 0 Å². The molecule has 0 aliphatic heterocycles. The molecular weight excluding hydrogens is 204 g/mol. The summed E-state index contributed by atoms with van der Waals surface area (Å²) < 4.78 is 0. The molecule has 5 heteroatoms. The highest BCUT2D eigenvalue weighted by Crippen LogP contribution is 2.14.